The van der Waals surface area contributed by atoms with Crippen LogP contribution in [-0.4, -0.2) is 25.1 Å². The van der Waals surface area contributed by atoms with E-state index in [9.17, 15) is 10.1 Å². The predicted molar refractivity (Wildman–Crippen MR) is 159 cm³/mol. The van der Waals surface area contributed by atoms with Crippen molar-refractivity contribution < 1.29 is 14.3 Å². The molecule has 38 heavy (non-hydrogen) atoms. The van der Waals surface area contributed by atoms with Crippen molar-refractivity contribution in [3.8, 4) is 11.8 Å². The number of allylic oxidation sites excluding steroid dienone is 7. The highest BCUT2D eigenvalue weighted by Crippen LogP contribution is 2.32. The third kappa shape index (κ3) is 8.05. The van der Waals surface area contributed by atoms with Gasteiger partial charge in [0.05, 0.1) is 18.8 Å². The molecule has 5 heteroatoms. The summed E-state index contributed by atoms with van der Waals surface area (Å²) in [5.74, 6) is 0.578. The third-order valence-electron chi connectivity index (χ3n) is 6.28. The molecule has 1 aliphatic rings. The molecule has 0 saturated carbocycles. The van der Waals surface area contributed by atoms with Crippen molar-refractivity contribution in [1.82, 2.24) is 0 Å². The maximum absolute atomic E-state index is 11.7. The Morgan fingerprint density at radius 2 is 1.76 bits per heavy atom. The second-order valence-electron chi connectivity index (χ2n) is 8.89. The number of carbonyl (C=O) groups is 1. The summed E-state index contributed by atoms with van der Waals surface area (Å²) in [4.78, 5) is 11.7. The molecule has 0 aliphatic carbocycles. The molecule has 4 nitrogen and oxygen atoms in total. The lowest BCUT2D eigenvalue weighted by molar-refractivity contribution is 0.0254. The molecule has 2 aromatic rings. The first-order valence-corrected chi connectivity index (χ1v) is 13.4. The van der Waals surface area contributed by atoms with Gasteiger partial charge in [0.2, 0.25) is 0 Å². The van der Waals surface area contributed by atoms with Gasteiger partial charge in [0.25, 0.3) is 0 Å². The first-order valence-electron chi connectivity index (χ1n) is 13.1. The zero-order chi connectivity index (χ0) is 28.2. The molecule has 0 amide bonds. The molecule has 3 rings (SSSR count). The summed E-state index contributed by atoms with van der Waals surface area (Å²) < 4.78 is 11.5. The number of nitrogens with zero attached hydrogens (tertiary/aromatic N) is 1. The van der Waals surface area contributed by atoms with Crippen LogP contribution in [0.3, 0.4) is 0 Å². The SMILES string of the molecule is C=C(/C=C(\C)c1ccc(C(C)=O)cc1Cl)/C(C)=C(\C=C/C)c1ccc(OC2CCOCC2)c(C#N)c1.CC. The molecular weight excluding hydrogens is 494 g/mol. The van der Waals surface area contributed by atoms with Gasteiger partial charge in [-0.3, -0.25) is 4.79 Å². The molecule has 1 heterocycles. The van der Waals surface area contributed by atoms with E-state index in [4.69, 9.17) is 21.1 Å². The quantitative estimate of drug-likeness (QED) is 0.252. The van der Waals surface area contributed by atoms with Crippen LogP contribution in [0.25, 0.3) is 11.1 Å². The number of ether oxygens (including phenoxy) is 2. The minimum atomic E-state index is -0.0230. The smallest absolute Gasteiger partial charge is 0.159 e. The van der Waals surface area contributed by atoms with Crippen molar-refractivity contribution in [2.45, 2.75) is 60.5 Å². The highest BCUT2D eigenvalue weighted by atomic mass is 35.5. The van der Waals surface area contributed by atoms with Gasteiger partial charge in [-0.2, -0.15) is 5.26 Å². The normalized spacial score (nSPS) is 14.7. The summed E-state index contributed by atoms with van der Waals surface area (Å²) in [6.45, 7) is 17.1. The number of hydrogen-bond donors (Lipinski definition) is 0. The van der Waals surface area contributed by atoms with Crippen LogP contribution in [0.15, 0.2) is 72.4 Å². The van der Waals surface area contributed by atoms with Gasteiger partial charge in [-0.25, -0.2) is 0 Å². The van der Waals surface area contributed by atoms with Crippen LogP contribution >= 0.6 is 11.6 Å². The van der Waals surface area contributed by atoms with Gasteiger partial charge in [0.15, 0.2) is 5.78 Å². The number of rotatable bonds is 8. The Hall–Kier alpha value is -3.39. The first kappa shape index (κ1) is 30.8. The number of Topliss-reactive ketones (excluding diaryl/α,β-unsaturated/α-hetero) is 1. The van der Waals surface area contributed by atoms with Crippen LogP contribution in [0.5, 0.6) is 5.75 Å². The van der Waals surface area contributed by atoms with Gasteiger partial charge in [0.1, 0.15) is 17.9 Å². The predicted octanol–water partition coefficient (Wildman–Crippen LogP) is 9.01. The average Bonchev–Trinajstić information content (AvgIpc) is 2.93. The van der Waals surface area contributed by atoms with E-state index < -0.39 is 0 Å². The van der Waals surface area contributed by atoms with E-state index in [-0.39, 0.29) is 11.9 Å². The van der Waals surface area contributed by atoms with Crippen LogP contribution in [0.2, 0.25) is 5.02 Å². The monoisotopic (exact) mass is 531 g/mol. The molecular formula is C33H38ClNO3. The molecule has 200 valence electrons. The van der Waals surface area contributed by atoms with Gasteiger partial charge < -0.3 is 9.47 Å². The molecule has 0 N–H and O–H groups in total. The Kier molecular flexibility index (Phi) is 12.3. The summed E-state index contributed by atoms with van der Waals surface area (Å²) in [5, 5.41) is 10.3. The summed E-state index contributed by atoms with van der Waals surface area (Å²) in [5.41, 5.74) is 6.57. The van der Waals surface area contributed by atoms with Crippen molar-refractivity contribution in [3.05, 3.63) is 99.6 Å². The molecule has 0 radical (unpaired) electrons. The van der Waals surface area contributed by atoms with Gasteiger partial charge in [0, 0.05) is 23.4 Å². The Morgan fingerprint density at radius 3 is 2.34 bits per heavy atom. The molecule has 1 aliphatic heterocycles. The van der Waals surface area contributed by atoms with E-state index in [2.05, 4.69) is 12.6 Å². The largest absolute Gasteiger partial charge is 0.489 e. The lowest BCUT2D eigenvalue weighted by Gasteiger charge is -2.24. The summed E-state index contributed by atoms with van der Waals surface area (Å²) in [6.07, 6.45) is 7.69. The van der Waals surface area contributed by atoms with E-state index in [1.54, 1.807) is 12.1 Å². The summed E-state index contributed by atoms with van der Waals surface area (Å²) >= 11 is 6.46. The maximum Gasteiger partial charge on any atom is 0.159 e. The lowest BCUT2D eigenvalue weighted by Crippen LogP contribution is -2.26. The molecule has 0 unspecified atom stereocenters. The van der Waals surface area contributed by atoms with Crippen molar-refractivity contribution in [2.75, 3.05) is 13.2 Å². The molecule has 0 bridgehead atoms. The number of ketones is 1. The standard InChI is InChI=1S/C31H32ClNO3.C2H6/c1-6-7-29(25-9-11-31(26(17-25)19-33)36-27-12-14-35-15-13-27)22(4)20(2)16-21(3)28-10-8-24(23(5)34)18-30(28)32;1-2/h6-11,16-18,27H,2,12-15H2,1,3-5H3;1-2H3/b7-6-,21-16+,29-22+;. The molecule has 0 atom stereocenters. The zero-order valence-electron chi connectivity index (χ0n) is 23.4. The number of benzene rings is 2. The van der Waals surface area contributed by atoms with Gasteiger partial charge in [-0.05, 0) is 79.3 Å². The highest BCUT2D eigenvalue weighted by molar-refractivity contribution is 6.32. The van der Waals surface area contributed by atoms with Gasteiger partial charge >= 0.3 is 0 Å². The minimum absolute atomic E-state index is 0.0230. The molecule has 2 aromatic carbocycles. The number of nitriles is 1. The minimum Gasteiger partial charge on any atom is -0.489 e. The van der Waals surface area contributed by atoms with Crippen molar-refractivity contribution >= 4 is 28.5 Å². The van der Waals surface area contributed by atoms with E-state index in [1.807, 2.05) is 77.1 Å². The topological polar surface area (TPSA) is 59.3 Å². The van der Waals surface area contributed by atoms with Crippen LogP contribution < -0.4 is 4.74 Å². The Balaban J connectivity index is 0.00000247. The molecule has 0 aromatic heterocycles. The van der Waals surface area contributed by atoms with Crippen LogP contribution in [0, 0.1) is 11.3 Å². The molecule has 1 fully saturated rings. The maximum atomic E-state index is 11.7. The third-order valence-corrected chi connectivity index (χ3v) is 6.60. The first-order chi connectivity index (χ1) is 18.2. The fourth-order valence-corrected chi connectivity index (χ4v) is 4.47. The second kappa shape index (κ2) is 15.1. The van der Waals surface area contributed by atoms with Crippen molar-refractivity contribution in [3.63, 3.8) is 0 Å². The lowest BCUT2D eigenvalue weighted by atomic mass is 9.93. The van der Waals surface area contributed by atoms with Gasteiger partial charge in [-0.15, -0.1) is 0 Å². The van der Waals surface area contributed by atoms with Crippen molar-refractivity contribution in [2.24, 2.45) is 0 Å². The Morgan fingerprint density at radius 1 is 1.11 bits per heavy atom. The summed E-state index contributed by atoms with van der Waals surface area (Å²) in [6, 6.07) is 13.4. The van der Waals surface area contributed by atoms with E-state index in [0.29, 0.717) is 35.1 Å². The van der Waals surface area contributed by atoms with Crippen LogP contribution in [-0.2, 0) is 4.74 Å². The fourth-order valence-electron chi connectivity index (χ4n) is 4.14. The zero-order valence-corrected chi connectivity index (χ0v) is 24.1. The highest BCUT2D eigenvalue weighted by Gasteiger charge is 2.18. The van der Waals surface area contributed by atoms with Gasteiger partial charge in [-0.1, -0.05) is 68.5 Å². The molecule has 0 spiro atoms. The number of carbonyl (C=O) groups excluding carboxylic acids is 1. The number of hydrogen-bond acceptors (Lipinski definition) is 4. The average molecular weight is 532 g/mol. The summed E-state index contributed by atoms with van der Waals surface area (Å²) in [7, 11) is 0. The van der Waals surface area contributed by atoms with E-state index in [0.717, 1.165) is 46.3 Å². The Bertz CT molecular complexity index is 1290. The van der Waals surface area contributed by atoms with Crippen LogP contribution in [0.4, 0.5) is 0 Å². The number of halogens is 1. The Labute approximate surface area is 232 Å². The van der Waals surface area contributed by atoms with E-state index >= 15 is 0 Å². The van der Waals surface area contributed by atoms with Crippen LogP contribution in [0.1, 0.15) is 81.4 Å². The van der Waals surface area contributed by atoms with Crippen molar-refractivity contribution in [1.29, 1.82) is 5.26 Å². The molecule has 1 saturated heterocycles. The fraction of sp³-hybridized carbons (Fsp3) is 0.333. The second-order valence-corrected chi connectivity index (χ2v) is 9.30. The van der Waals surface area contributed by atoms with E-state index in [1.165, 1.54) is 6.92 Å².